The van der Waals surface area contributed by atoms with Gasteiger partial charge in [0, 0.05) is 17.5 Å². The number of rotatable bonds is 8. The summed E-state index contributed by atoms with van der Waals surface area (Å²) in [6.07, 6.45) is 6.28. The van der Waals surface area contributed by atoms with E-state index >= 15 is 0 Å². The van der Waals surface area contributed by atoms with Crippen LogP contribution in [-0.2, 0) is 14.8 Å². The highest BCUT2D eigenvalue weighted by molar-refractivity contribution is 7.99. The van der Waals surface area contributed by atoms with Crippen molar-refractivity contribution in [2.75, 3.05) is 22.9 Å². The molecule has 7 heteroatoms. The van der Waals surface area contributed by atoms with Crippen molar-refractivity contribution in [1.82, 2.24) is 5.32 Å². The Morgan fingerprint density at radius 2 is 1.92 bits per heavy atom. The highest BCUT2D eigenvalue weighted by atomic mass is 32.2. The van der Waals surface area contributed by atoms with Gasteiger partial charge in [0.2, 0.25) is 15.9 Å². The van der Waals surface area contributed by atoms with Gasteiger partial charge in [-0.25, -0.2) is 8.42 Å². The van der Waals surface area contributed by atoms with Crippen molar-refractivity contribution >= 4 is 33.4 Å². The van der Waals surface area contributed by atoms with E-state index in [4.69, 9.17) is 0 Å². The van der Waals surface area contributed by atoms with Crippen LogP contribution in [0.3, 0.4) is 0 Å². The second-order valence-electron chi connectivity index (χ2n) is 6.14. The molecule has 1 amide bonds. The Bertz CT molecular complexity index is 628. The lowest BCUT2D eigenvalue weighted by Gasteiger charge is -2.28. The average Bonchev–Trinajstić information content (AvgIpc) is 3.04. The van der Waals surface area contributed by atoms with Gasteiger partial charge in [0.1, 0.15) is 6.04 Å². The fraction of sp³-hybridized carbons (Fsp3) is 0.588. The van der Waals surface area contributed by atoms with Crippen molar-refractivity contribution in [1.29, 1.82) is 0 Å². The Hall–Kier alpha value is -1.21. The van der Waals surface area contributed by atoms with Gasteiger partial charge in [0.25, 0.3) is 0 Å². The molecule has 1 saturated carbocycles. The lowest BCUT2D eigenvalue weighted by atomic mass is 10.2. The molecular formula is C17H26N2O3S2. The summed E-state index contributed by atoms with van der Waals surface area (Å²) in [5.74, 6) is 0.601. The molecule has 1 atom stereocenters. The molecule has 134 valence electrons. The number of para-hydroxylation sites is 1. The molecule has 0 radical (unpaired) electrons. The van der Waals surface area contributed by atoms with Crippen LogP contribution < -0.4 is 9.62 Å². The van der Waals surface area contributed by atoms with Gasteiger partial charge in [-0.05, 0) is 31.9 Å². The monoisotopic (exact) mass is 370 g/mol. The maximum atomic E-state index is 12.4. The summed E-state index contributed by atoms with van der Waals surface area (Å²) in [4.78, 5) is 12.4. The molecule has 0 unspecified atom stereocenters. The molecule has 24 heavy (non-hydrogen) atoms. The number of benzene rings is 1. The van der Waals surface area contributed by atoms with Crippen molar-refractivity contribution in [3.8, 4) is 0 Å². The number of nitrogens with one attached hydrogen (secondary N) is 1. The van der Waals surface area contributed by atoms with Crippen LogP contribution in [0.2, 0.25) is 0 Å². The van der Waals surface area contributed by atoms with Crippen LogP contribution in [0, 0.1) is 0 Å². The zero-order chi connectivity index (χ0) is 17.6. The molecule has 5 nitrogen and oxygen atoms in total. The standard InChI is InChI=1S/C17H26N2O3S2/c1-14(17(20)18-12-13-23-16-10-6-7-11-16)19(24(2,21)22)15-8-4-3-5-9-15/h3-5,8-9,14,16H,6-7,10-13H2,1-2H3,(H,18,20)/t14-/m1/s1. The molecule has 1 N–H and O–H groups in total. The number of thioether (sulfide) groups is 1. The van der Waals surface area contributed by atoms with E-state index in [1.807, 2.05) is 17.8 Å². The molecule has 1 fully saturated rings. The summed E-state index contributed by atoms with van der Waals surface area (Å²) >= 11 is 1.90. The van der Waals surface area contributed by atoms with Crippen LogP contribution in [0.5, 0.6) is 0 Å². The van der Waals surface area contributed by atoms with E-state index in [0.29, 0.717) is 12.2 Å². The Morgan fingerprint density at radius 3 is 2.50 bits per heavy atom. The Morgan fingerprint density at radius 1 is 1.29 bits per heavy atom. The molecule has 0 heterocycles. The summed E-state index contributed by atoms with van der Waals surface area (Å²) in [6.45, 7) is 2.18. The topological polar surface area (TPSA) is 66.5 Å². The second-order valence-corrected chi connectivity index (χ2v) is 9.41. The van der Waals surface area contributed by atoms with Crippen molar-refractivity contribution in [3.63, 3.8) is 0 Å². The van der Waals surface area contributed by atoms with Crippen molar-refractivity contribution < 1.29 is 13.2 Å². The third kappa shape index (κ3) is 5.41. The van der Waals surface area contributed by atoms with Gasteiger partial charge in [0.05, 0.1) is 11.9 Å². The minimum atomic E-state index is -3.54. The zero-order valence-corrected chi connectivity index (χ0v) is 15.9. The molecule has 0 aliphatic heterocycles. The van der Waals surface area contributed by atoms with E-state index in [2.05, 4.69) is 5.32 Å². The van der Waals surface area contributed by atoms with E-state index in [0.717, 1.165) is 17.3 Å². The second kappa shape index (κ2) is 8.76. The third-order valence-electron chi connectivity index (χ3n) is 4.16. The van der Waals surface area contributed by atoms with Crippen LogP contribution in [-0.4, -0.2) is 44.2 Å². The summed E-state index contributed by atoms with van der Waals surface area (Å²) in [5, 5.41) is 3.58. The van der Waals surface area contributed by atoms with Gasteiger partial charge < -0.3 is 5.32 Å². The van der Waals surface area contributed by atoms with Gasteiger partial charge in [-0.3, -0.25) is 9.10 Å². The lowest BCUT2D eigenvalue weighted by molar-refractivity contribution is -0.121. The molecule has 1 aliphatic rings. The molecule has 2 rings (SSSR count). The highest BCUT2D eigenvalue weighted by Gasteiger charge is 2.28. The average molecular weight is 371 g/mol. The first-order chi connectivity index (χ1) is 11.4. The van der Waals surface area contributed by atoms with Crippen molar-refractivity contribution in [2.24, 2.45) is 0 Å². The van der Waals surface area contributed by atoms with Crippen LogP contribution in [0.15, 0.2) is 30.3 Å². The normalized spacial score (nSPS) is 16.8. The van der Waals surface area contributed by atoms with Crippen LogP contribution in [0.4, 0.5) is 5.69 Å². The fourth-order valence-corrected chi connectivity index (χ4v) is 5.38. The zero-order valence-electron chi connectivity index (χ0n) is 14.3. The summed E-state index contributed by atoms with van der Waals surface area (Å²) in [7, 11) is -3.54. The highest BCUT2D eigenvalue weighted by Crippen LogP contribution is 2.28. The number of sulfonamides is 1. The lowest BCUT2D eigenvalue weighted by Crippen LogP contribution is -2.48. The van der Waals surface area contributed by atoms with Crippen molar-refractivity contribution in [2.45, 2.75) is 43.9 Å². The molecule has 0 bridgehead atoms. The first-order valence-electron chi connectivity index (χ1n) is 8.33. The Kier molecular flexibility index (Phi) is 6.98. The minimum Gasteiger partial charge on any atom is -0.353 e. The van der Waals surface area contributed by atoms with Crippen LogP contribution in [0.1, 0.15) is 32.6 Å². The first-order valence-corrected chi connectivity index (χ1v) is 11.2. The number of hydrogen-bond acceptors (Lipinski definition) is 4. The maximum Gasteiger partial charge on any atom is 0.243 e. The predicted molar refractivity (Wildman–Crippen MR) is 101 cm³/mol. The fourth-order valence-electron chi connectivity index (χ4n) is 2.99. The van der Waals surface area contributed by atoms with E-state index < -0.39 is 16.1 Å². The maximum absolute atomic E-state index is 12.4. The molecule has 0 spiro atoms. The molecule has 0 saturated heterocycles. The number of anilines is 1. The summed E-state index contributed by atoms with van der Waals surface area (Å²) in [6, 6.07) is 7.95. The first kappa shape index (κ1) is 19.1. The number of carbonyl (C=O) groups is 1. The third-order valence-corrected chi connectivity index (χ3v) is 6.78. The van der Waals surface area contributed by atoms with Gasteiger partial charge in [-0.15, -0.1) is 0 Å². The molecule has 1 aromatic carbocycles. The summed E-state index contributed by atoms with van der Waals surface area (Å²) in [5.41, 5.74) is 0.503. The SMILES string of the molecule is C[C@H](C(=O)NCCSC1CCCC1)N(c1ccccc1)S(C)(=O)=O. The van der Waals surface area contributed by atoms with Crippen molar-refractivity contribution in [3.05, 3.63) is 30.3 Å². The van der Waals surface area contributed by atoms with E-state index in [1.165, 1.54) is 30.0 Å². The van der Waals surface area contributed by atoms with Gasteiger partial charge >= 0.3 is 0 Å². The number of amides is 1. The number of nitrogens with zero attached hydrogens (tertiary/aromatic N) is 1. The molecule has 1 aliphatic carbocycles. The number of hydrogen-bond donors (Lipinski definition) is 1. The van der Waals surface area contributed by atoms with Gasteiger partial charge in [-0.1, -0.05) is 31.0 Å². The number of carbonyl (C=O) groups excluding carboxylic acids is 1. The van der Waals surface area contributed by atoms with E-state index in [-0.39, 0.29) is 5.91 Å². The predicted octanol–water partition coefficient (Wildman–Crippen LogP) is 2.63. The summed E-state index contributed by atoms with van der Waals surface area (Å²) < 4.78 is 25.4. The minimum absolute atomic E-state index is 0.267. The van der Waals surface area contributed by atoms with Crippen LogP contribution in [0.25, 0.3) is 0 Å². The smallest absolute Gasteiger partial charge is 0.243 e. The quantitative estimate of drug-likeness (QED) is 0.715. The van der Waals surface area contributed by atoms with E-state index in [1.54, 1.807) is 31.2 Å². The Labute approximate surface area is 149 Å². The molecule has 1 aromatic rings. The van der Waals surface area contributed by atoms with Gasteiger partial charge in [0.15, 0.2) is 0 Å². The Balaban J connectivity index is 1.91. The van der Waals surface area contributed by atoms with Gasteiger partial charge in [-0.2, -0.15) is 11.8 Å². The molecular weight excluding hydrogens is 344 g/mol. The van der Waals surface area contributed by atoms with E-state index in [9.17, 15) is 13.2 Å². The van der Waals surface area contributed by atoms with Crippen LogP contribution >= 0.6 is 11.8 Å². The molecule has 0 aromatic heterocycles. The largest absolute Gasteiger partial charge is 0.353 e.